The molecule has 2 rings (SSSR count). The molecule has 1 N–H and O–H groups in total. The second-order valence-corrected chi connectivity index (χ2v) is 4.82. The number of hydrogen-bond acceptors (Lipinski definition) is 3. The first-order valence-corrected chi connectivity index (χ1v) is 6.16. The minimum Gasteiger partial charge on any atom is -0.377 e. The highest BCUT2D eigenvalue weighted by atomic mass is 19.2. The molecule has 0 aromatic heterocycles. The zero-order chi connectivity index (χ0) is 13.1. The molecule has 1 aromatic carbocycles. The highest BCUT2D eigenvalue weighted by molar-refractivity contribution is 5.53. The van der Waals surface area contributed by atoms with E-state index < -0.39 is 11.6 Å². The summed E-state index contributed by atoms with van der Waals surface area (Å²) in [5, 5.41) is 3.27. The van der Waals surface area contributed by atoms with E-state index in [9.17, 15) is 8.78 Å². The Morgan fingerprint density at radius 3 is 2.39 bits per heavy atom. The average molecular weight is 255 g/mol. The Morgan fingerprint density at radius 2 is 1.78 bits per heavy atom. The van der Waals surface area contributed by atoms with Crippen LogP contribution in [0.3, 0.4) is 0 Å². The van der Waals surface area contributed by atoms with Crippen LogP contribution < -0.4 is 10.2 Å². The first-order chi connectivity index (χ1) is 8.58. The van der Waals surface area contributed by atoms with Gasteiger partial charge in [-0.05, 0) is 11.6 Å². The molecule has 100 valence electrons. The van der Waals surface area contributed by atoms with Crippen molar-refractivity contribution in [2.75, 3.05) is 45.2 Å². The lowest BCUT2D eigenvalue weighted by Gasteiger charge is -2.29. The summed E-state index contributed by atoms with van der Waals surface area (Å²) in [7, 11) is 3.68. The summed E-state index contributed by atoms with van der Waals surface area (Å²) in [5.74, 6) is -1.56. The van der Waals surface area contributed by atoms with Gasteiger partial charge >= 0.3 is 0 Å². The number of nitrogens with zero attached hydrogens (tertiary/aromatic N) is 2. The van der Waals surface area contributed by atoms with Gasteiger partial charge in [-0.15, -0.1) is 0 Å². The number of piperazine rings is 1. The van der Waals surface area contributed by atoms with Crippen LogP contribution in [-0.2, 0) is 6.54 Å². The van der Waals surface area contributed by atoms with Gasteiger partial charge in [0.25, 0.3) is 0 Å². The molecule has 18 heavy (non-hydrogen) atoms. The molecule has 0 saturated carbocycles. The van der Waals surface area contributed by atoms with E-state index in [2.05, 4.69) is 10.2 Å². The first kappa shape index (κ1) is 13.2. The van der Waals surface area contributed by atoms with Crippen molar-refractivity contribution < 1.29 is 8.78 Å². The molecule has 0 unspecified atom stereocenters. The smallest absolute Gasteiger partial charge is 0.160 e. The fourth-order valence-corrected chi connectivity index (χ4v) is 2.23. The SMILES string of the molecule is CN(C)c1cc(F)c(F)cc1CN1CCNCC1. The summed E-state index contributed by atoms with van der Waals surface area (Å²) >= 11 is 0. The number of anilines is 1. The number of halogens is 2. The van der Waals surface area contributed by atoms with E-state index in [4.69, 9.17) is 0 Å². The van der Waals surface area contributed by atoms with Crippen LogP contribution in [0.1, 0.15) is 5.56 Å². The number of hydrogen-bond donors (Lipinski definition) is 1. The Bertz CT molecular complexity index is 415. The predicted octanol–water partition coefficient (Wildman–Crippen LogP) is 1.44. The molecule has 0 amide bonds. The van der Waals surface area contributed by atoms with Crippen LogP contribution in [0.5, 0.6) is 0 Å². The van der Waals surface area contributed by atoms with Crippen molar-refractivity contribution in [1.29, 1.82) is 0 Å². The zero-order valence-corrected chi connectivity index (χ0v) is 10.8. The van der Waals surface area contributed by atoms with Gasteiger partial charge in [-0.1, -0.05) is 0 Å². The number of benzene rings is 1. The van der Waals surface area contributed by atoms with Gasteiger partial charge in [0.1, 0.15) is 0 Å². The van der Waals surface area contributed by atoms with Gasteiger partial charge in [-0.2, -0.15) is 0 Å². The number of nitrogens with one attached hydrogen (secondary N) is 1. The van der Waals surface area contributed by atoms with Crippen LogP contribution in [0.2, 0.25) is 0 Å². The van der Waals surface area contributed by atoms with Crippen molar-refractivity contribution >= 4 is 5.69 Å². The number of rotatable bonds is 3. The van der Waals surface area contributed by atoms with E-state index >= 15 is 0 Å². The molecule has 1 aromatic rings. The monoisotopic (exact) mass is 255 g/mol. The van der Waals surface area contributed by atoms with E-state index in [1.165, 1.54) is 12.1 Å². The minimum absolute atomic E-state index is 0.659. The highest BCUT2D eigenvalue weighted by Gasteiger charge is 2.16. The molecule has 0 bridgehead atoms. The van der Waals surface area contributed by atoms with Gasteiger partial charge in [-0.3, -0.25) is 4.90 Å². The quantitative estimate of drug-likeness (QED) is 0.881. The molecule has 0 aliphatic carbocycles. The third-order valence-electron chi connectivity index (χ3n) is 3.21. The van der Waals surface area contributed by atoms with Gasteiger partial charge in [0.05, 0.1) is 0 Å². The van der Waals surface area contributed by atoms with E-state index in [1.807, 2.05) is 19.0 Å². The van der Waals surface area contributed by atoms with E-state index in [1.54, 1.807) is 0 Å². The van der Waals surface area contributed by atoms with E-state index in [0.717, 1.165) is 37.4 Å². The van der Waals surface area contributed by atoms with Gasteiger partial charge in [-0.25, -0.2) is 8.78 Å². The average Bonchev–Trinajstić information content (AvgIpc) is 2.34. The van der Waals surface area contributed by atoms with E-state index in [0.29, 0.717) is 6.54 Å². The summed E-state index contributed by atoms with van der Waals surface area (Å²) in [6, 6.07) is 2.58. The highest BCUT2D eigenvalue weighted by Crippen LogP contribution is 2.24. The second-order valence-electron chi connectivity index (χ2n) is 4.82. The van der Waals surface area contributed by atoms with Crippen molar-refractivity contribution in [1.82, 2.24) is 10.2 Å². The van der Waals surface area contributed by atoms with Crippen LogP contribution in [0, 0.1) is 11.6 Å². The molecule has 5 heteroatoms. The second kappa shape index (κ2) is 5.63. The molecule has 0 radical (unpaired) electrons. The standard InChI is InChI=1S/C13H19F2N3/c1-17(2)13-8-12(15)11(14)7-10(13)9-18-5-3-16-4-6-18/h7-8,16H,3-6,9H2,1-2H3. The van der Waals surface area contributed by atoms with Crippen LogP contribution >= 0.6 is 0 Å². The Hall–Kier alpha value is -1.20. The topological polar surface area (TPSA) is 18.5 Å². The van der Waals surface area contributed by atoms with Crippen molar-refractivity contribution in [2.45, 2.75) is 6.54 Å². The Morgan fingerprint density at radius 1 is 1.17 bits per heavy atom. The maximum atomic E-state index is 13.4. The maximum absolute atomic E-state index is 13.4. The predicted molar refractivity (Wildman–Crippen MR) is 68.8 cm³/mol. The zero-order valence-electron chi connectivity index (χ0n) is 10.8. The normalized spacial score (nSPS) is 16.9. The third-order valence-corrected chi connectivity index (χ3v) is 3.21. The largest absolute Gasteiger partial charge is 0.377 e. The first-order valence-electron chi connectivity index (χ1n) is 6.16. The fraction of sp³-hybridized carbons (Fsp3) is 0.538. The van der Waals surface area contributed by atoms with Crippen LogP contribution in [-0.4, -0.2) is 45.2 Å². The van der Waals surface area contributed by atoms with Crippen LogP contribution in [0.15, 0.2) is 12.1 Å². The minimum atomic E-state index is -0.789. The Balaban J connectivity index is 2.21. The Kier molecular flexibility index (Phi) is 4.14. The molecule has 0 spiro atoms. The molecular formula is C13H19F2N3. The lowest BCUT2D eigenvalue weighted by molar-refractivity contribution is 0.233. The van der Waals surface area contributed by atoms with Gasteiger partial charge in [0.15, 0.2) is 11.6 Å². The van der Waals surface area contributed by atoms with Gasteiger partial charge in [0.2, 0.25) is 0 Å². The molecule has 0 atom stereocenters. The molecule has 1 fully saturated rings. The summed E-state index contributed by atoms with van der Waals surface area (Å²) in [6.45, 7) is 4.42. The molecular weight excluding hydrogens is 236 g/mol. The molecule has 1 heterocycles. The van der Waals surface area contributed by atoms with Crippen LogP contribution in [0.25, 0.3) is 0 Å². The van der Waals surface area contributed by atoms with Crippen molar-refractivity contribution in [3.8, 4) is 0 Å². The molecule has 1 saturated heterocycles. The maximum Gasteiger partial charge on any atom is 0.160 e. The van der Waals surface area contributed by atoms with E-state index in [-0.39, 0.29) is 0 Å². The van der Waals surface area contributed by atoms with Crippen LogP contribution in [0.4, 0.5) is 14.5 Å². The summed E-state index contributed by atoms with van der Waals surface area (Å²) in [5.41, 5.74) is 1.58. The summed E-state index contributed by atoms with van der Waals surface area (Å²) in [4.78, 5) is 4.07. The van der Waals surface area contributed by atoms with Gasteiger partial charge in [0, 0.05) is 58.6 Å². The molecule has 3 nitrogen and oxygen atoms in total. The summed E-state index contributed by atoms with van der Waals surface area (Å²) < 4.78 is 26.6. The van der Waals surface area contributed by atoms with Gasteiger partial charge < -0.3 is 10.2 Å². The fourth-order valence-electron chi connectivity index (χ4n) is 2.23. The summed E-state index contributed by atoms with van der Waals surface area (Å²) in [6.07, 6.45) is 0. The lowest BCUT2D eigenvalue weighted by Crippen LogP contribution is -2.43. The van der Waals surface area contributed by atoms with Crippen molar-refractivity contribution in [3.63, 3.8) is 0 Å². The van der Waals surface area contributed by atoms with Crippen molar-refractivity contribution in [2.24, 2.45) is 0 Å². The van der Waals surface area contributed by atoms with Crippen molar-refractivity contribution in [3.05, 3.63) is 29.3 Å². The molecule has 1 aliphatic rings. The Labute approximate surface area is 106 Å². The lowest BCUT2D eigenvalue weighted by atomic mass is 10.1. The molecule has 1 aliphatic heterocycles. The third kappa shape index (κ3) is 2.97.